The summed E-state index contributed by atoms with van der Waals surface area (Å²) in [5.41, 5.74) is -0.460. The van der Waals surface area contributed by atoms with Crippen molar-refractivity contribution in [3.05, 3.63) is 22.9 Å². The van der Waals surface area contributed by atoms with Crippen LogP contribution in [0.2, 0.25) is 18.1 Å². The lowest BCUT2D eigenvalue weighted by Gasteiger charge is -2.36. The molecule has 1 rings (SSSR count). The molecule has 220 valence electrons. The Labute approximate surface area is 243 Å². The number of carbonyl (C=O) groups is 1. The maximum absolute atomic E-state index is 10.8. The minimum absolute atomic E-state index is 0.00891. The molecule has 7 nitrogen and oxygen atoms in total. The summed E-state index contributed by atoms with van der Waals surface area (Å²) in [6.07, 6.45) is 6.18. The van der Waals surface area contributed by atoms with Crippen LogP contribution in [0.15, 0.2) is 22.9 Å². The van der Waals surface area contributed by atoms with E-state index in [0.717, 1.165) is 10.4 Å². The average molecular weight is 618 g/mol. The fraction of sp³-hybridized carbons (Fsp3) is 0.724. The minimum Gasteiger partial charge on any atom is -0.486 e. The number of hydrogen-bond acceptors (Lipinski definition) is 5. The van der Waals surface area contributed by atoms with Crippen molar-refractivity contribution in [1.29, 1.82) is 0 Å². The maximum atomic E-state index is 10.8. The molecule has 0 radical (unpaired) electrons. The molecule has 0 fully saturated rings. The molecular weight excluding hydrogens is 562 g/mol. The Morgan fingerprint density at radius 2 is 1.68 bits per heavy atom. The first-order valence-electron chi connectivity index (χ1n) is 13.4. The Morgan fingerprint density at radius 3 is 2.05 bits per heavy atom. The van der Waals surface area contributed by atoms with Gasteiger partial charge in [0.05, 0.1) is 39.8 Å². The predicted octanol–water partition coefficient (Wildman–Crippen LogP) is 7.27. The van der Waals surface area contributed by atoms with Gasteiger partial charge in [0.2, 0.25) is 0 Å². The van der Waals surface area contributed by atoms with Gasteiger partial charge in [-0.15, -0.1) is 6.42 Å². The fourth-order valence-corrected chi connectivity index (χ4v) is 3.79. The van der Waals surface area contributed by atoms with Crippen LogP contribution in [0.25, 0.3) is 0 Å². The molecule has 0 aliphatic carbocycles. The Bertz CT molecular complexity index is 833. The van der Waals surface area contributed by atoms with Gasteiger partial charge in [-0.3, -0.25) is 0 Å². The monoisotopic (exact) mass is 616 g/mol. The molecule has 0 unspecified atom stereocenters. The SMILES string of the molecule is C#CCNC(=O)OC(C)(C)C.CC[N+](C)(CC)CC.C[C@H](CO[Si](C)(C)C(C)(C)C)Oc1cccnc1Br. The third-order valence-electron chi connectivity index (χ3n) is 6.56. The van der Waals surface area contributed by atoms with Crippen LogP contribution in [0.1, 0.15) is 69.2 Å². The predicted molar refractivity (Wildman–Crippen MR) is 166 cm³/mol. The number of amides is 1. The molecule has 0 saturated heterocycles. The Balaban J connectivity index is 0. The van der Waals surface area contributed by atoms with Gasteiger partial charge in [-0.2, -0.15) is 0 Å². The number of aromatic nitrogens is 1. The topological polar surface area (TPSA) is 69.7 Å². The lowest BCUT2D eigenvalue weighted by atomic mass is 10.2. The van der Waals surface area contributed by atoms with Crippen LogP contribution in [0.4, 0.5) is 4.79 Å². The van der Waals surface area contributed by atoms with Crippen molar-refractivity contribution in [3.8, 4) is 18.1 Å². The molecule has 0 bridgehead atoms. The number of rotatable bonds is 9. The second-order valence-corrected chi connectivity index (χ2v) is 17.5. The molecular formula is C29H55BrN3O4Si+. The van der Waals surface area contributed by atoms with E-state index >= 15 is 0 Å². The fourth-order valence-electron chi connectivity index (χ4n) is 2.36. The van der Waals surface area contributed by atoms with Crippen LogP contribution in [0.5, 0.6) is 5.75 Å². The van der Waals surface area contributed by atoms with Crippen LogP contribution < -0.4 is 10.1 Å². The minimum atomic E-state index is -1.71. The standard InChI is InChI=1S/C14H24BrNO2Si.C8H13NO2.C7H18N/c1-11(10-17-19(5,6)14(2,3)4)18-12-8-7-9-16-13(12)15;1-5-6-9-7(10)11-8(2,3)4;1-5-8(4,6-2)7-3/h7-9,11H,10H2,1-6H3;1H,6H2,2-4H3,(H,9,10);5-7H2,1-4H3/q;;+1/t11-;;/m1../s1. The number of terminal acetylenes is 1. The third kappa shape index (κ3) is 17.8. The van der Waals surface area contributed by atoms with E-state index in [2.05, 4.69) is 93.8 Å². The molecule has 0 saturated carbocycles. The van der Waals surface area contributed by atoms with E-state index in [0.29, 0.717) is 6.61 Å². The molecule has 1 heterocycles. The Kier molecular flexibility index (Phi) is 18.1. The van der Waals surface area contributed by atoms with Crippen LogP contribution in [0.3, 0.4) is 0 Å². The maximum Gasteiger partial charge on any atom is 0.408 e. The summed E-state index contributed by atoms with van der Waals surface area (Å²) in [5.74, 6) is 3.03. The van der Waals surface area contributed by atoms with E-state index in [4.69, 9.17) is 20.3 Å². The second-order valence-electron chi connectivity index (χ2n) is 11.9. The number of pyridine rings is 1. The quantitative estimate of drug-likeness (QED) is 0.137. The summed E-state index contributed by atoms with van der Waals surface area (Å²) in [5, 5.41) is 2.62. The first kappa shape index (κ1) is 38.5. The van der Waals surface area contributed by atoms with Gasteiger partial charge in [-0.05, 0) is 94.7 Å². The van der Waals surface area contributed by atoms with Gasteiger partial charge in [0.1, 0.15) is 16.3 Å². The van der Waals surface area contributed by atoms with Crippen LogP contribution in [0, 0.1) is 12.3 Å². The van der Waals surface area contributed by atoms with Crippen LogP contribution in [-0.4, -0.2) is 75.4 Å². The highest BCUT2D eigenvalue weighted by Gasteiger charge is 2.37. The van der Waals surface area contributed by atoms with Crippen molar-refractivity contribution < 1.29 is 23.2 Å². The molecule has 1 atom stereocenters. The van der Waals surface area contributed by atoms with E-state index < -0.39 is 20.0 Å². The molecule has 38 heavy (non-hydrogen) atoms. The van der Waals surface area contributed by atoms with Crippen molar-refractivity contribution >= 4 is 30.3 Å². The summed E-state index contributed by atoms with van der Waals surface area (Å²) >= 11 is 3.38. The number of hydrogen-bond donors (Lipinski definition) is 1. The largest absolute Gasteiger partial charge is 0.486 e. The summed E-state index contributed by atoms with van der Waals surface area (Å²) < 4.78 is 18.8. The highest BCUT2D eigenvalue weighted by molar-refractivity contribution is 9.10. The number of halogens is 1. The van der Waals surface area contributed by atoms with Gasteiger partial charge in [0.15, 0.2) is 14.1 Å². The Morgan fingerprint density at radius 1 is 1.16 bits per heavy atom. The van der Waals surface area contributed by atoms with Crippen molar-refractivity contribution in [1.82, 2.24) is 10.3 Å². The smallest absolute Gasteiger partial charge is 0.408 e. The van der Waals surface area contributed by atoms with Crippen LogP contribution in [-0.2, 0) is 9.16 Å². The lowest BCUT2D eigenvalue weighted by molar-refractivity contribution is -0.904. The highest BCUT2D eigenvalue weighted by Crippen LogP contribution is 2.36. The molecule has 9 heteroatoms. The molecule has 0 aromatic carbocycles. The van der Waals surface area contributed by atoms with Crippen molar-refractivity contribution in [2.24, 2.45) is 0 Å². The first-order chi connectivity index (χ1) is 17.3. The Hall–Kier alpha value is -1.60. The van der Waals surface area contributed by atoms with Crippen LogP contribution >= 0.6 is 15.9 Å². The third-order valence-corrected chi connectivity index (χ3v) is 11.7. The molecule has 0 aliphatic rings. The number of alkyl carbamates (subject to hydrolysis) is 1. The van der Waals surface area contributed by atoms with Crippen molar-refractivity contribution in [2.45, 2.75) is 99.1 Å². The average Bonchev–Trinajstić information content (AvgIpc) is 2.81. The lowest BCUT2D eigenvalue weighted by Crippen LogP contribution is -2.43. The number of ether oxygens (including phenoxy) is 2. The summed E-state index contributed by atoms with van der Waals surface area (Å²) in [6.45, 7) is 29.9. The molecule has 1 amide bonds. The molecule has 1 aromatic heterocycles. The van der Waals surface area contributed by atoms with Gasteiger partial charge in [0, 0.05) is 6.20 Å². The zero-order valence-electron chi connectivity index (χ0n) is 26.3. The van der Waals surface area contributed by atoms with E-state index in [1.54, 1.807) is 27.0 Å². The van der Waals surface area contributed by atoms with E-state index in [1.165, 1.54) is 24.1 Å². The van der Waals surface area contributed by atoms with Gasteiger partial charge >= 0.3 is 6.09 Å². The highest BCUT2D eigenvalue weighted by atomic mass is 79.9. The van der Waals surface area contributed by atoms with Gasteiger partial charge in [-0.1, -0.05) is 26.7 Å². The number of nitrogens with zero attached hydrogens (tertiary/aromatic N) is 2. The first-order valence-corrected chi connectivity index (χ1v) is 17.1. The molecule has 1 N–H and O–H groups in total. The number of nitrogens with one attached hydrogen (secondary N) is 1. The summed E-state index contributed by atoms with van der Waals surface area (Å²) in [4.78, 5) is 14.9. The van der Waals surface area contributed by atoms with Gasteiger partial charge in [-0.25, -0.2) is 9.78 Å². The zero-order valence-corrected chi connectivity index (χ0v) is 28.9. The molecule has 0 spiro atoms. The summed E-state index contributed by atoms with van der Waals surface area (Å²) in [6, 6.07) is 3.77. The number of carbonyl (C=O) groups excluding carboxylic acids is 1. The van der Waals surface area contributed by atoms with E-state index in [-0.39, 0.29) is 17.7 Å². The summed E-state index contributed by atoms with van der Waals surface area (Å²) in [7, 11) is 0.586. The zero-order chi connectivity index (χ0) is 30.2. The van der Waals surface area contributed by atoms with Crippen molar-refractivity contribution in [3.63, 3.8) is 0 Å². The molecule has 1 aromatic rings. The van der Waals surface area contributed by atoms with E-state index in [1.807, 2.05) is 19.1 Å². The van der Waals surface area contributed by atoms with E-state index in [9.17, 15) is 4.79 Å². The normalized spacial score (nSPS) is 12.6. The molecule has 0 aliphatic heterocycles. The van der Waals surface area contributed by atoms with Crippen molar-refractivity contribution in [2.75, 3.05) is 39.8 Å². The second kappa shape index (κ2) is 17.9. The van der Waals surface area contributed by atoms with Gasteiger partial charge in [0.25, 0.3) is 0 Å². The van der Waals surface area contributed by atoms with Gasteiger partial charge < -0.3 is 23.7 Å². The number of quaternary nitrogens is 1.